The Kier molecular flexibility index (Phi) is 7.10. The zero-order valence-electron chi connectivity index (χ0n) is 10.9. The van der Waals surface area contributed by atoms with E-state index in [2.05, 4.69) is 10.3 Å². The van der Waals surface area contributed by atoms with Crippen molar-refractivity contribution in [3.05, 3.63) is 57.8 Å². The second-order valence-electron chi connectivity index (χ2n) is 4.10. The summed E-state index contributed by atoms with van der Waals surface area (Å²) in [7, 11) is 1.61. The third kappa shape index (κ3) is 4.53. The molecule has 0 spiro atoms. The van der Waals surface area contributed by atoms with Gasteiger partial charge in [-0.2, -0.15) is 0 Å². The Morgan fingerprint density at radius 2 is 2.00 bits per heavy atom. The van der Waals surface area contributed by atoms with Gasteiger partial charge in [0.2, 0.25) is 0 Å². The molecule has 1 aromatic carbocycles. The lowest BCUT2D eigenvalue weighted by atomic mass is 10.2. The molecule has 3 nitrogen and oxygen atoms in total. The van der Waals surface area contributed by atoms with Crippen molar-refractivity contribution in [2.45, 2.75) is 13.1 Å². The van der Waals surface area contributed by atoms with Crippen molar-refractivity contribution in [2.24, 2.45) is 0 Å². The molecule has 0 bridgehead atoms. The van der Waals surface area contributed by atoms with Crippen molar-refractivity contribution in [1.29, 1.82) is 0 Å². The third-order valence-electron chi connectivity index (χ3n) is 2.73. The third-order valence-corrected chi connectivity index (χ3v) is 3.23. The van der Waals surface area contributed by atoms with E-state index in [0.717, 1.165) is 24.3 Å². The molecule has 2 rings (SSSR count). The highest BCUT2D eigenvalue weighted by Crippen LogP contribution is 2.31. The lowest BCUT2D eigenvalue weighted by Gasteiger charge is -2.10. The van der Waals surface area contributed by atoms with Gasteiger partial charge < -0.3 is 22.5 Å². The monoisotopic (exact) mass is 332 g/mol. The Hall–Kier alpha value is -1.00. The molecule has 1 heterocycles. The number of ether oxygens (including phenoxy) is 1. The van der Waals surface area contributed by atoms with Gasteiger partial charge in [-0.15, -0.1) is 0 Å². The minimum Gasteiger partial charge on any atom is -1.00 e. The van der Waals surface area contributed by atoms with Crippen molar-refractivity contribution in [2.75, 3.05) is 7.11 Å². The van der Waals surface area contributed by atoms with Gasteiger partial charge >= 0.3 is 0 Å². The van der Waals surface area contributed by atoms with E-state index in [9.17, 15) is 0 Å². The molecule has 2 N–H and O–H groups in total. The molecular formula is C14H15Cl3N2O. The first-order valence-corrected chi connectivity index (χ1v) is 6.70. The van der Waals surface area contributed by atoms with E-state index in [1.54, 1.807) is 19.4 Å². The predicted molar refractivity (Wildman–Crippen MR) is 76.6 cm³/mol. The number of hydrogen-bond acceptors (Lipinski definition) is 2. The van der Waals surface area contributed by atoms with Crippen molar-refractivity contribution in [3.8, 4) is 5.75 Å². The molecule has 0 fully saturated rings. The van der Waals surface area contributed by atoms with Crippen LogP contribution in [-0.2, 0) is 13.1 Å². The number of quaternary nitrogens is 1. The first kappa shape index (κ1) is 17.1. The highest BCUT2D eigenvalue weighted by Gasteiger charge is 2.11. The summed E-state index contributed by atoms with van der Waals surface area (Å²) in [6.07, 6.45) is 1.79. The molecule has 0 unspecified atom stereocenters. The number of hydrogen-bond donors (Lipinski definition) is 1. The molecule has 108 valence electrons. The lowest BCUT2D eigenvalue weighted by molar-refractivity contribution is -0.686. The van der Waals surface area contributed by atoms with E-state index in [-0.39, 0.29) is 12.4 Å². The molecule has 20 heavy (non-hydrogen) atoms. The average Bonchev–Trinajstić information content (AvgIpc) is 2.39. The van der Waals surface area contributed by atoms with Crippen LogP contribution in [0.15, 0.2) is 36.5 Å². The number of nitrogens with zero attached hydrogens (tertiary/aromatic N) is 1. The number of halogens is 3. The van der Waals surface area contributed by atoms with E-state index < -0.39 is 0 Å². The van der Waals surface area contributed by atoms with Crippen LogP contribution in [0.5, 0.6) is 5.75 Å². The van der Waals surface area contributed by atoms with Crippen molar-refractivity contribution >= 4 is 23.2 Å². The standard InChI is InChI=1S/C14H14Cl2N2O.ClH/c1-19-14-10(6-11(15)7-13(14)16)8-17-9-12-4-2-3-5-18-12;/h2-7,17H,8-9H2,1H3;1H. The van der Waals surface area contributed by atoms with Gasteiger partial charge in [-0.25, -0.2) is 0 Å². The van der Waals surface area contributed by atoms with E-state index >= 15 is 0 Å². The number of benzene rings is 1. The molecule has 0 aliphatic heterocycles. The summed E-state index contributed by atoms with van der Waals surface area (Å²) in [6.45, 7) is 1.54. The predicted octanol–water partition coefficient (Wildman–Crippen LogP) is -0.335. The fourth-order valence-electron chi connectivity index (χ4n) is 1.89. The van der Waals surface area contributed by atoms with Crippen LogP contribution in [0.2, 0.25) is 10.0 Å². The maximum Gasteiger partial charge on any atom is 0.146 e. The first-order chi connectivity index (χ1) is 9.20. The van der Waals surface area contributed by atoms with E-state index in [1.807, 2.05) is 24.3 Å². The number of aromatic nitrogens is 1. The van der Waals surface area contributed by atoms with Crippen LogP contribution < -0.4 is 22.5 Å². The van der Waals surface area contributed by atoms with E-state index in [1.165, 1.54) is 0 Å². The average molecular weight is 334 g/mol. The van der Waals surface area contributed by atoms with Crippen molar-refractivity contribution in [1.82, 2.24) is 4.98 Å². The zero-order valence-corrected chi connectivity index (χ0v) is 13.2. The molecule has 0 saturated heterocycles. The van der Waals surface area contributed by atoms with Crippen molar-refractivity contribution in [3.63, 3.8) is 0 Å². The van der Waals surface area contributed by atoms with Crippen LogP contribution in [0, 0.1) is 0 Å². The van der Waals surface area contributed by atoms with Crippen LogP contribution in [-0.4, -0.2) is 12.1 Å². The summed E-state index contributed by atoms with van der Waals surface area (Å²) in [5.74, 6) is 0.684. The van der Waals surface area contributed by atoms with Gasteiger partial charge in [0.1, 0.15) is 18.8 Å². The molecule has 0 radical (unpaired) electrons. The van der Waals surface area contributed by atoms with Crippen LogP contribution in [0.1, 0.15) is 11.3 Å². The lowest BCUT2D eigenvalue weighted by Crippen LogP contribution is -3.00. The SMILES string of the molecule is COc1c(Cl)cc(Cl)cc1C[NH2+]Cc1ccccn1.[Cl-]. The molecule has 0 atom stereocenters. The summed E-state index contributed by atoms with van der Waals surface area (Å²) in [5, 5.41) is 3.29. The van der Waals surface area contributed by atoms with Crippen LogP contribution in [0.4, 0.5) is 0 Å². The van der Waals surface area contributed by atoms with Gasteiger partial charge in [-0.1, -0.05) is 29.3 Å². The smallest absolute Gasteiger partial charge is 0.146 e. The number of pyridine rings is 1. The molecular weight excluding hydrogens is 319 g/mol. The number of methoxy groups -OCH3 is 1. The second kappa shape index (κ2) is 8.32. The molecule has 0 aliphatic carbocycles. The highest BCUT2D eigenvalue weighted by molar-refractivity contribution is 6.35. The molecule has 1 aromatic heterocycles. The van der Waals surface area contributed by atoms with Gasteiger partial charge in [-0.3, -0.25) is 4.98 Å². The van der Waals surface area contributed by atoms with Crippen molar-refractivity contribution < 1.29 is 22.5 Å². The molecule has 0 saturated carbocycles. The fourth-order valence-corrected chi connectivity index (χ4v) is 2.50. The first-order valence-electron chi connectivity index (χ1n) is 5.94. The number of rotatable bonds is 5. The maximum absolute atomic E-state index is 6.10. The van der Waals surface area contributed by atoms with Gasteiger partial charge in [0.25, 0.3) is 0 Å². The molecule has 6 heteroatoms. The Labute approximate surface area is 134 Å². The van der Waals surface area contributed by atoms with Gasteiger partial charge in [0.15, 0.2) is 0 Å². The Bertz CT molecular complexity index is 550. The Morgan fingerprint density at radius 1 is 1.20 bits per heavy atom. The van der Waals surface area contributed by atoms with Gasteiger partial charge in [0, 0.05) is 11.2 Å². The van der Waals surface area contributed by atoms with Crippen LogP contribution >= 0.6 is 23.2 Å². The topological polar surface area (TPSA) is 38.7 Å². The Morgan fingerprint density at radius 3 is 2.65 bits per heavy atom. The number of nitrogens with two attached hydrogens (primary N) is 1. The molecule has 0 amide bonds. The van der Waals surface area contributed by atoms with Crippen LogP contribution in [0.3, 0.4) is 0 Å². The Balaban J connectivity index is 0.00000200. The second-order valence-corrected chi connectivity index (χ2v) is 4.94. The van der Waals surface area contributed by atoms with E-state index in [4.69, 9.17) is 27.9 Å². The van der Waals surface area contributed by atoms with E-state index in [0.29, 0.717) is 15.8 Å². The fraction of sp³-hybridized carbons (Fsp3) is 0.214. The van der Waals surface area contributed by atoms with Gasteiger partial charge in [0.05, 0.1) is 23.4 Å². The van der Waals surface area contributed by atoms with Gasteiger partial charge in [-0.05, 0) is 24.3 Å². The highest BCUT2D eigenvalue weighted by atomic mass is 35.5. The summed E-state index contributed by atoms with van der Waals surface area (Å²) in [4.78, 5) is 4.27. The summed E-state index contributed by atoms with van der Waals surface area (Å²) in [6, 6.07) is 9.44. The minimum atomic E-state index is 0. The van der Waals surface area contributed by atoms with Crippen LogP contribution in [0.25, 0.3) is 0 Å². The molecule has 2 aromatic rings. The maximum atomic E-state index is 6.10. The zero-order chi connectivity index (χ0) is 13.7. The largest absolute Gasteiger partial charge is 1.00 e. The normalized spacial score (nSPS) is 9.95. The summed E-state index contributed by atoms with van der Waals surface area (Å²) in [5.41, 5.74) is 2.02. The minimum absolute atomic E-state index is 0. The summed E-state index contributed by atoms with van der Waals surface area (Å²) < 4.78 is 5.31. The summed E-state index contributed by atoms with van der Waals surface area (Å²) >= 11 is 12.1. The molecule has 0 aliphatic rings. The quantitative estimate of drug-likeness (QED) is 0.813.